The van der Waals surface area contributed by atoms with Crippen molar-refractivity contribution in [1.82, 2.24) is 30.3 Å². The number of nitrogens with zero attached hydrogens (tertiary/aromatic N) is 4. The molecule has 3 amide bonds. The summed E-state index contributed by atoms with van der Waals surface area (Å²) < 4.78 is 6.90. The number of aryl methyl sites for hydroxylation is 1. The molecule has 0 bridgehead atoms. The van der Waals surface area contributed by atoms with Crippen molar-refractivity contribution in [2.24, 2.45) is 5.92 Å². The lowest BCUT2D eigenvalue weighted by Crippen LogP contribution is -2.48. The first-order valence-corrected chi connectivity index (χ1v) is 15.9. The summed E-state index contributed by atoms with van der Waals surface area (Å²) in [7, 11) is 1.52. The van der Waals surface area contributed by atoms with Crippen LogP contribution in [0.1, 0.15) is 76.7 Å². The Balaban J connectivity index is 1.50. The fourth-order valence-corrected chi connectivity index (χ4v) is 5.56. The van der Waals surface area contributed by atoms with Crippen molar-refractivity contribution < 1.29 is 24.2 Å². The van der Waals surface area contributed by atoms with Gasteiger partial charge in [-0.3, -0.25) is 14.4 Å². The monoisotopic (exact) mass is 618 g/mol. The second kappa shape index (κ2) is 16.1. The lowest BCUT2D eigenvalue weighted by atomic mass is 10.0. The van der Waals surface area contributed by atoms with Gasteiger partial charge < -0.3 is 25.4 Å². The van der Waals surface area contributed by atoms with Crippen molar-refractivity contribution in [3.63, 3.8) is 0 Å². The number of hydrogen-bond acceptors (Lipinski definition) is 7. The molecule has 3 N–H and O–H groups in total. The van der Waals surface area contributed by atoms with Gasteiger partial charge in [0.1, 0.15) is 11.9 Å². The van der Waals surface area contributed by atoms with Crippen molar-refractivity contribution in [1.29, 1.82) is 0 Å². The Morgan fingerprint density at radius 1 is 1.07 bits per heavy atom. The number of aromatic nitrogens is 3. The maximum absolute atomic E-state index is 13.5. The van der Waals surface area contributed by atoms with Gasteiger partial charge in [-0.2, -0.15) is 5.10 Å². The summed E-state index contributed by atoms with van der Waals surface area (Å²) in [6, 6.07) is 13.9. The summed E-state index contributed by atoms with van der Waals surface area (Å²) in [6.45, 7) is 7.11. The Morgan fingerprint density at radius 3 is 2.56 bits per heavy atom. The molecule has 0 saturated carbocycles. The van der Waals surface area contributed by atoms with Gasteiger partial charge in [0, 0.05) is 31.5 Å². The van der Waals surface area contributed by atoms with Gasteiger partial charge in [-0.05, 0) is 62.6 Å². The Morgan fingerprint density at radius 2 is 1.84 bits per heavy atom. The predicted octanol–water partition coefficient (Wildman–Crippen LogP) is 4.40. The van der Waals surface area contributed by atoms with E-state index >= 15 is 0 Å². The van der Waals surface area contributed by atoms with E-state index in [9.17, 15) is 19.5 Å². The van der Waals surface area contributed by atoms with Gasteiger partial charge in [-0.15, -0.1) is 0 Å². The quantitative estimate of drug-likeness (QED) is 0.302. The standard InChI is InChI=1S/C34H46N6O5/c1-23(2)21-27-34(44)35-24(3)33-37-32(26-12-6-5-7-13-26)38-40(33)20-19-39(18-10-14-30(42)36-27)31(43)15-9-8-11-25-16-17-29(45-4)28(41)22-25/h5-7,12-13,16-17,22-24,27,41H,8-11,14-15,18-21H2,1-4H3,(H,35,44)(H,36,42)/t24-,27-/m1/s1. The third kappa shape index (κ3) is 9.54. The predicted molar refractivity (Wildman–Crippen MR) is 171 cm³/mol. The van der Waals surface area contributed by atoms with Crippen LogP contribution in [-0.4, -0.2) is 68.7 Å². The van der Waals surface area contributed by atoms with Crippen LogP contribution in [-0.2, 0) is 27.3 Å². The summed E-state index contributed by atoms with van der Waals surface area (Å²) in [4.78, 5) is 46.2. The molecule has 0 radical (unpaired) electrons. The molecule has 1 aromatic heterocycles. The van der Waals surface area contributed by atoms with Crippen LogP contribution in [0, 0.1) is 5.92 Å². The number of nitrogens with one attached hydrogen (secondary N) is 2. The van der Waals surface area contributed by atoms with Gasteiger partial charge in [0.2, 0.25) is 17.7 Å². The lowest BCUT2D eigenvalue weighted by Gasteiger charge is -2.26. The molecule has 45 heavy (non-hydrogen) atoms. The molecule has 11 heteroatoms. The Labute approximate surface area is 265 Å². The number of benzene rings is 2. The molecule has 1 aliphatic heterocycles. The smallest absolute Gasteiger partial charge is 0.243 e. The molecule has 4 rings (SSSR count). The normalized spacial score (nSPS) is 18.1. The van der Waals surface area contributed by atoms with E-state index in [0.29, 0.717) is 62.7 Å². The maximum Gasteiger partial charge on any atom is 0.243 e. The number of ether oxygens (including phenoxy) is 1. The van der Waals surface area contributed by atoms with E-state index in [2.05, 4.69) is 10.6 Å². The fraction of sp³-hybridized carbons (Fsp3) is 0.500. The van der Waals surface area contributed by atoms with Crippen molar-refractivity contribution in [2.45, 2.75) is 84.3 Å². The molecule has 11 nitrogen and oxygen atoms in total. The highest BCUT2D eigenvalue weighted by Crippen LogP contribution is 2.27. The number of hydrogen-bond donors (Lipinski definition) is 3. The molecule has 1 aliphatic rings. The number of aromatic hydroxyl groups is 1. The third-order valence-corrected chi connectivity index (χ3v) is 7.95. The van der Waals surface area contributed by atoms with Crippen LogP contribution in [0.5, 0.6) is 11.5 Å². The minimum atomic E-state index is -0.668. The zero-order valence-corrected chi connectivity index (χ0v) is 26.8. The van der Waals surface area contributed by atoms with Gasteiger partial charge in [0.15, 0.2) is 17.3 Å². The summed E-state index contributed by atoms with van der Waals surface area (Å²) in [5.74, 6) is 1.44. The van der Waals surface area contributed by atoms with E-state index in [1.807, 2.05) is 57.2 Å². The topological polar surface area (TPSA) is 139 Å². The van der Waals surface area contributed by atoms with E-state index < -0.39 is 12.1 Å². The summed E-state index contributed by atoms with van der Waals surface area (Å²) in [5.41, 5.74) is 1.84. The zero-order chi connectivity index (χ0) is 32.3. The van der Waals surface area contributed by atoms with E-state index in [4.69, 9.17) is 14.8 Å². The van der Waals surface area contributed by atoms with Gasteiger partial charge in [0.25, 0.3) is 0 Å². The van der Waals surface area contributed by atoms with E-state index in [0.717, 1.165) is 24.0 Å². The van der Waals surface area contributed by atoms with Gasteiger partial charge in [0.05, 0.1) is 19.7 Å². The Hall–Kier alpha value is -4.41. The van der Waals surface area contributed by atoms with Crippen molar-refractivity contribution >= 4 is 17.7 Å². The number of carbonyl (C=O) groups excluding carboxylic acids is 3. The van der Waals surface area contributed by atoms with Crippen LogP contribution in [0.25, 0.3) is 11.4 Å². The number of fused-ring (bicyclic) bond motifs is 1. The van der Waals surface area contributed by atoms with Crippen molar-refractivity contribution in [3.8, 4) is 22.9 Å². The number of rotatable bonds is 9. The molecule has 2 aromatic carbocycles. The number of phenolic OH excluding ortho intramolecular Hbond substituents is 1. The molecule has 3 aromatic rings. The van der Waals surface area contributed by atoms with Crippen molar-refractivity contribution in [3.05, 3.63) is 59.9 Å². The van der Waals surface area contributed by atoms with Crippen LogP contribution >= 0.6 is 0 Å². The molecular weight excluding hydrogens is 572 g/mol. The third-order valence-electron chi connectivity index (χ3n) is 7.95. The molecule has 0 fully saturated rings. The first kappa shape index (κ1) is 33.5. The van der Waals surface area contributed by atoms with E-state index in [1.54, 1.807) is 21.7 Å². The Bertz CT molecular complexity index is 1440. The van der Waals surface area contributed by atoms with E-state index in [1.165, 1.54) is 7.11 Å². The highest BCUT2D eigenvalue weighted by molar-refractivity contribution is 5.87. The number of unbranched alkanes of at least 4 members (excludes halogenated alkanes) is 1. The zero-order valence-electron chi connectivity index (χ0n) is 26.8. The summed E-state index contributed by atoms with van der Waals surface area (Å²) in [5, 5.41) is 20.8. The van der Waals surface area contributed by atoms with Crippen LogP contribution in [0.2, 0.25) is 0 Å². The van der Waals surface area contributed by atoms with Crippen LogP contribution in [0.15, 0.2) is 48.5 Å². The number of methoxy groups -OCH3 is 1. The molecule has 2 atom stereocenters. The molecular formula is C34H46N6O5. The molecule has 242 valence electrons. The van der Waals surface area contributed by atoms with E-state index in [-0.39, 0.29) is 35.8 Å². The molecule has 0 unspecified atom stereocenters. The van der Waals surface area contributed by atoms with Crippen molar-refractivity contribution in [2.75, 3.05) is 20.2 Å². The van der Waals surface area contributed by atoms with Gasteiger partial charge >= 0.3 is 0 Å². The lowest BCUT2D eigenvalue weighted by molar-refractivity contribution is -0.132. The highest BCUT2D eigenvalue weighted by atomic mass is 16.5. The SMILES string of the molecule is COc1ccc(CCCCC(=O)N2CCCC(=O)N[C@H](CC(C)C)C(=O)N[C@H](C)c3nc(-c4ccccc4)nn3CC2)cc1O. The van der Waals surface area contributed by atoms with Crippen LogP contribution in [0.3, 0.4) is 0 Å². The van der Waals surface area contributed by atoms with Crippen LogP contribution < -0.4 is 15.4 Å². The Kier molecular flexibility index (Phi) is 11.9. The van der Waals surface area contributed by atoms with Gasteiger partial charge in [-0.25, -0.2) is 9.67 Å². The largest absolute Gasteiger partial charge is 0.504 e. The maximum atomic E-state index is 13.5. The number of amides is 3. The van der Waals surface area contributed by atoms with Gasteiger partial charge in [-0.1, -0.05) is 50.2 Å². The number of carbonyl (C=O) groups is 3. The molecule has 2 heterocycles. The fourth-order valence-electron chi connectivity index (χ4n) is 5.56. The highest BCUT2D eigenvalue weighted by Gasteiger charge is 2.27. The second-order valence-electron chi connectivity index (χ2n) is 12.1. The average molecular weight is 619 g/mol. The minimum absolute atomic E-state index is 0.0177. The molecule has 0 saturated heterocycles. The first-order valence-electron chi connectivity index (χ1n) is 15.9. The van der Waals surface area contributed by atoms with Crippen LogP contribution in [0.4, 0.5) is 0 Å². The number of phenols is 1. The molecule has 0 aliphatic carbocycles. The summed E-state index contributed by atoms with van der Waals surface area (Å²) in [6.07, 6.45) is 3.79. The first-order chi connectivity index (χ1) is 21.6. The average Bonchev–Trinajstić information content (AvgIpc) is 3.45. The molecule has 0 spiro atoms. The second-order valence-corrected chi connectivity index (χ2v) is 12.1. The summed E-state index contributed by atoms with van der Waals surface area (Å²) >= 11 is 0. The minimum Gasteiger partial charge on any atom is -0.504 e.